The van der Waals surface area contributed by atoms with Gasteiger partial charge in [-0.05, 0) is 50.4 Å². The number of aliphatic carboxylic acids is 1. The Labute approximate surface area is 168 Å². The molecule has 1 heterocycles. The summed E-state index contributed by atoms with van der Waals surface area (Å²) in [6.07, 6.45) is 4.01. The molecule has 7 nitrogen and oxygen atoms in total. The maximum atomic E-state index is 12.7. The minimum Gasteiger partial charge on any atom is -0.481 e. The van der Waals surface area contributed by atoms with E-state index in [9.17, 15) is 14.4 Å². The van der Waals surface area contributed by atoms with Crippen LogP contribution in [-0.4, -0.2) is 53.2 Å². The number of hydrogen-bond donors (Lipinski definition) is 2. The van der Waals surface area contributed by atoms with Gasteiger partial charge in [0.15, 0.2) is 0 Å². The lowest BCUT2D eigenvalue weighted by atomic mass is 9.75. The van der Waals surface area contributed by atoms with Crippen LogP contribution >= 0.6 is 0 Å². The van der Waals surface area contributed by atoms with Gasteiger partial charge in [0, 0.05) is 25.0 Å². The number of hydrogen-bond acceptors (Lipinski definition) is 4. The average Bonchev–Trinajstić information content (AvgIpc) is 2.60. The van der Waals surface area contributed by atoms with Crippen LogP contribution in [0.5, 0.6) is 0 Å². The van der Waals surface area contributed by atoms with E-state index in [1.165, 1.54) is 6.42 Å². The van der Waals surface area contributed by atoms with Crippen molar-refractivity contribution in [2.24, 2.45) is 23.7 Å². The topological polar surface area (TPSA) is 95.9 Å². The molecule has 2 aliphatic rings. The molecule has 160 valence electrons. The first-order valence-corrected chi connectivity index (χ1v) is 10.6. The fourth-order valence-electron chi connectivity index (χ4n) is 4.45. The van der Waals surface area contributed by atoms with Gasteiger partial charge in [-0.15, -0.1) is 0 Å². The van der Waals surface area contributed by atoms with Crippen LogP contribution < -0.4 is 5.32 Å². The van der Waals surface area contributed by atoms with Crippen LogP contribution in [0.3, 0.4) is 0 Å². The predicted octanol–water partition coefficient (Wildman–Crippen LogP) is 3.28. The van der Waals surface area contributed by atoms with Gasteiger partial charge in [-0.1, -0.05) is 27.2 Å². The SMILES string of the molecule is CC(C)C1CC[C@@H](C)C[C@H]1OC(=O)N1CCC(C(=O)N[C@H](C)CC(=O)O)CC1. The summed E-state index contributed by atoms with van der Waals surface area (Å²) in [5.41, 5.74) is 0. The first-order chi connectivity index (χ1) is 13.2. The van der Waals surface area contributed by atoms with Crippen molar-refractivity contribution in [3.05, 3.63) is 0 Å². The lowest BCUT2D eigenvalue weighted by molar-refractivity contribution is -0.137. The van der Waals surface area contributed by atoms with Gasteiger partial charge in [0.05, 0.1) is 6.42 Å². The molecule has 0 aromatic carbocycles. The van der Waals surface area contributed by atoms with E-state index in [4.69, 9.17) is 9.84 Å². The van der Waals surface area contributed by atoms with Gasteiger partial charge in [-0.3, -0.25) is 9.59 Å². The summed E-state index contributed by atoms with van der Waals surface area (Å²) in [4.78, 5) is 37.4. The standard InChI is InChI=1S/C21H36N2O5/c1-13(2)17-6-5-14(3)11-18(17)28-21(27)23-9-7-16(8-10-23)20(26)22-15(4)12-19(24)25/h13-18H,5-12H2,1-4H3,(H,22,26)(H,24,25)/t14-,15-,17?,18-/m1/s1. The molecular formula is C21H36N2O5. The largest absolute Gasteiger partial charge is 0.481 e. The van der Waals surface area contributed by atoms with Crippen molar-refractivity contribution in [3.8, 4) is 0 Å². The Morgan fingerprint density at radius 3 is 2.32 bits per heavy atom. The highest BCUT2D eigenvalue weighted by atomic mass is 16.6. The van der Waals surface area contributed by atoms with Gasteiger partial charge in [-0.2, -0.15) is 0 Å². The van der Waals surface area contributed by atoms with Crippen molar-refractivity contribution in [2.45, 2.75) is 78.4 Å². The van der Waals surface area contributed by atoms with Gasteiger partial charge >= 0.3 is 12.1 Å². The third-order valence-electron chi connectivity index (χ3n) is 6.21. The molecule has 2 rings (SSSR count). The zero-order chi connectivity index (χ0) is 20.8. The Morgan fingerprint density at radius 2 is 1.75 bits per heavy atom. The Morgan fingerprint density at radius 1 is 1.11 bits per heavy atom. The zero-order valence-electron chi connectivity index (χ0n) is 17.6. The highest BCUT2D eigenvalue weighted by Gasteiger charge is 2.35. The number of carbonyl (C=O) groups is 3. The summed E-state index contributed by atoms with van der Waals surface area (Å²) in [7, 11) is 0. The summed E-state index contributed by atoms with van der Waals surface area (Å²) >= 11 is 0. The second kappa shape index (κ2) is 10.1. The van der Waals surface area contributed by atoms with Crippen molar-refractivity contribution in [2.75, 3.05) is 13.1 Å². The van der Waals surface area contributed by atoms with Gasteiger partial charge in [-0.25, -0.2) is 4.79 Å². The number of rotatable bonds is 6. The van der Waals surface area contributed by atoms with E-state index in [1.807, 2.05) is 0 Å². The Balaban J connectivity index is 1.81. The summed E-state index contributed by atoms with van der Waals surface area (Å²) < 4.78 is 5.90. The Hall–Kier alpha value is -1.79. The molecule has 0 aromatic heterocycles. The normalized spacial score (nSPS) is 27.3. The van der Waals surface area contributed by atoms with E-state index < -0.39 is 12.0 Å². The molecule has 2 amide bonds. The average molecular weight is 397 g/mol. The van der Waals surface area contributed by atoms with Crippen LogP contribution in [0, 0.1) is 23.7 Å². The minimum absolute atomic E-state index is 0.0193. The summed E-state index contributed by atoms with van der Waals surface area (Å²) in [5, 5.41) is 11.6. The maximum absolute atomic E-state index is 12.7. The molecule has 4 atom stereocenters. The van der Waals surface area contributed by atoms with E-state index in [1.54, 1.807) is 11.8 Å². The molecule has 0 bridgehead atoms. The van der Waals surface area contributed by atoms with Crippen LogP contribution in [0.15, 0.2) is 0 Å². The van der Waals surface area contributed by atoms with Crippen molar-refractivity contribution in [1.29, 1.82) is 0 Å². The Kier molecular flexibility index (Phi) is 8.13. The molecule has 2 fully saturated rings. The van der Waals surface area contributed by atoms with Crippen molar-refractivity contribution in [1.82, 2.24) is 10.2 Å². The number of nitrogens with one attached hydrogen (secondary N) is 1. The van der Waals surface area contributed by atoms with E-state index in [0.717, 1.165) is 12.8 Å². The van der Waals surface area contributed by atoms with Crippen LogP contribution in [0.25, 0.3) is 0 Å². The van der Waals surface area contributed by atoms with Crippen LogP contribution in [-0.2, 0) is 14.3 Å². The number of carboxylic acids is 1. The molecule has 2 N–H and O–H groups in total. The van der Waals surface area contributed by atoms with E-state index >= 15 is 0 Å². The lowest BCUT2D eigenvalue weighted by Crippen LogP contribution is -2.47. The fraction of sp³-hybridized carbons (Fsp3) is 0.857. The molecule has 1 aliphatic carbocycles. The minimum atomic E-state index is -0.929. The number of piperidine rings is 1. The quantitative estimate of drug-likeness (QED) is 0.718. The summed E-state index contributed by atoms with van der Waals surface area (Å²) in [6, 6.07) is -0.394. The van der Waals surface area contributed by atoms with Crippen LogP contribution in [0.2, 0.25) is 0 Å². The fourth-order valence-corrected chi connectivity index (χ4v) is 4.45. The maximum Gasteiger partial charge on any atom is 0.410 e. The molecule has 0 radical (unpaired) electrons. The van der Waals surface area contributed by atoms with E-state index in [2.05, 4.69) is 26.1 Å². The highest BCUT2D eigenvalue weighted by molar-refractivity contribution is 5.80. The smallest absolute Gasteiger partial charge is 0.410 e. The monoisotopic (exact) mass is 396 g/mol. The number of likely N-dealkylation sites (tertiary alicyclic amines) is 1. The molecule has 28 heavy (non-hydrogen) atoms. The van der Waals surface area contributed by atoms with Crippen molar-refractivity contribution >= 4 is 18.0 Å². The highest BCUT2D eigenvalue weighted by Crippen LogP contribution is 2.35. The van der Waals surface area contributed by atoms with E-state index in [0.29, 0.717) is 43.7 Å². The molecule has 7 heteroatoms. The second-order valence-corrected chi connectivity index (χ2v) is 9.02. The summed E-state index contributed by atoms with van der Waals surface area (Å²) in [5.74, 6) is 0.255. The number of carbonyl (C=O) groups excluding carboxylic acids is 2. The van der Waals surface area contributed by atoms with Crippen LogP contribution in [0.4, 0.5) is 4.79 Å². The first-order valence-electron chi connectivity index (χ1n) is 10.6. The van der Waals surface area contributed by atoms with Crippen LogP contribution in [0.1, 0.15) is 66.2 Å². The predicted molar refractivity (Wildman–Crippen MR) is 106 cm³/mol. The van der Waals surface area contributed by atoms with E-state index in [-0.39, 0.29) is 30.4 Å². The van der Waals surface area contributed by atoms with Gasteiger partial charge in [0.2, 0.25) is 5.91 Å². The molecule has 0 spiro atoms. The Bertz CT molecular complexity index is 557. The van der Waals surface area contributed by atoms with Gasteiger partial charge < -0.3 is 20.1 Å². The molecular weight excluding hydrogens is 360 g/mol. The first kappa shape index (κ1) is 22.5. The molecule has 1 saturated carbocycles. The number of ether oxygens (including phenoxy) is 1. The molecule has 1 unspecified atom stereocenters. The van der Waals surface area contributed by atoms with Gasteiger partial charge in [0.1, 0.15) is 6.10 Å². The number of amides is 2. The second-order valence-electron chi connectivity index (χ2n) is 9.02. The van der Waals surface area contributed by atoms with Crippen molar-refractivity contribution in [3.63, 3.8) is 0 Å². The van der Waals surface area contributed by atoms with Gasteiger partial charge in [0.25, 0.3) is 0 Å². The third kappa shape index (κ3) is 6.38. The third-order valence-corrected chi connectivity index (χ3v) is 6.21. The number of carboxylic acid groups (broad SMARTS) is 1. The molecule has 0 aromatic rings. The lowest BCUT2D eigenvalue weighted by Gasteiger charge is -2.38. The molecule has 1 saturated heterocycles. The summed E-state index contributed by atoms with van der Waals surface area (Å²) in [6.45, 7) is 9.28. The molecule has 1 aliphatic heterocycles. The zero-order valence-corrected chi connectivity index (χ0v) is 17.6. The number of nitrogens with zero attached hydrogens (tertiary/aromatic N) is 1. The van der Waals surface area contributed by atoms with Crippen molar-refractivity contribution < 1.29 is 24.2 Å².